The summed E-state index contributed by atoms with van der Waals surface area (Å²) in [5.41, 5.74) is 0. The Bertz CT molecular complexity index is 345. The highest BCUT2D eigenvalue weighted by atomic mass is 16.2. The molecule has 1 aromatic heterocycles. The molecule has 1 aliphatic heterocycles. The van der Waals surface area contributed by atoms with Gasteiger partial charge in [-0.1, -0.05) is 6.92 Å². The normalized spacial score (nSPS) is 22.9. The lowest BCUT2D eigenvalue weighted by Gasteiger charge is -2.25. The van der Waals surface area contributed by atoms with E-state index >= 15 is 0 Å². The van der Waals surface area contributed by atoms with Crippen LogP contribution in [0, 0.1) is 5.92 Å². The Hall–Kier alpha value is -1.32. The van der Waals surface area contributed by atoms with Gasteiger partial charge in [-0.2, -0.15) is 0 Å². The predicted molar refractivity (Wildman–Crippen MR) is 54.0 cm³/mol. The van der Waals surface area contributed by atoms with Gasteiger partial charge in [-0.3, -0.25) is 9.69 Å². The summed E-state index contributed by atoms with van der Waals surface area (Å²) in [7, 11) is 1.82. The molecule has 4 heteroatoms. The maximum atomic E-state index is 11.8. The number of aromatic nitrogens is 2. The van der Waals surface area contributed by atoms with Crippen LogP contribution in [-0.4, -0.2) is 22.5 Å². The lowest BCUT2D eigenvalue weighted by atomic mass is 10.0. The Balaban J connectivity index is 2.35. The predicted octanol–water partition coefficient (Wildman–Crippen LogP) is 1.28. The molecule has 0 saturated carbocycles. The van der Waals surface area contributed by atoms with Crippen molar-refractivity contribution in [2.45, 2.75) is 26.3 Å². The number of hydrogen-bond acceptors (Lipinski definition) is 2. The van der Waals surface area contributed by atoms with Crippen molar-refractivity contribution in [1.29, 1.82) is 0 Å². The van der Waals surface area contributed by atoms with E-state index in [0.29, 0.717) is 0 Å². The van der Waals surface area contributed by atoms with E-state index in [-0.39, 0.29) is 11.8 Å². The molecular formula is C10H15N3O. The Labute approximate surface area is 83.5 Å². The number of rotatable bonds is 0. The highest BCUT2D eigenvalue weighted by Crippen LogP contribution is 2.21. The molecule has 0 saturated heterocycles. The van der Waals surface area contributed by atoms with Crippen molar-refractivity contribution in [2.75, 3.05) is 11.9 Å². The number of anilines is 1. The van der Waals surface area contributed by atoms with Crippen LogP contribution in [0.5, 0.6) is 0 Å². The van der Waals surface area contributed by atoms with Crippen molar-refractivity contribution in [3.8, 4) is 0 Å². The van der Waals surface area contributed by atoms with Crippen molar-refractivity contribution < 1.29 is 4.79 Å². The third kappa shape index (κ3) is 1.41. The zero-order valence-electron chi connectivity index (χ0n) is 8.60. The van der Waals surface area contributed by atoms with Crippen LogP contribution in [0.15, 0.2) is 12.5 Å². The van der Waals surface area contributed by atoms with Gasteiger partial charge in [0.05, 0.1) is 12.5 Å². The van der Waals surface area contributed by atoms with E-state index in [1.54, 1.807) is 17.4 Å². The average Bonchev–Trinajstić information content (AvgIpc) is 2.62. The first kappa shape index (κ1) is 9.24. The first-order chi connectivity index (χ1) is 6.70. The second-order valence-corrected chi connectivity index (χ2v) is 3.89. The van der Waals surface area contributed by atoms with Gasteiger partial charge in [-0.25, -0.2) is 4.98 Å². The molecule has 0 aliphatic carbocycles. The van der Waals surface area contributed by atoms with Crippen LogP contribution in [0.25, 0.3) is 0 Å². The van der Waals surface area contributed by atoms with Gasteiger partial charge >= 0.3 is 0 Å². The largest absolute Gasteiger partial charge is 0.317 e. The lowest BCUT2D eigenvalue weighted by Crippen LogP contribution is -2.34. The van der Waals surface area contributed by atoms with Gasteiger partial charge in [-0.15, -0.1) is 0 Å². The van der Waals surface area contributed by atoms with Crippen LogP contribution >= 0.6 is 0 Å². The fraction of sp³-hybridized carbons (Fsp3) is 0.600. The fourth-order valence-electron chi connectivity index (χ4n) is 1.90. The van der Waals surface area contributed by atoms with Gasteiger partial charge in [-0.05, 0) is 12.8 Å². The molecule has 1 amide bonds. The summed E-state index contributed by atoms with van der Waals surface area (Å²) >= 11 is 0. The molecule has 1 aliphatic rings. The molecule has 0 bridgehead atoms. The van der Waals surface area contributed by atoms with Crippen LogP contribution in [0.3, 0.4) is 0 Å². The average molecular weight is 193 g/mol. The monoisotopic (exact) mass is 193 g/mol. The molecule has 1 aromatic rings. The SMILES string of the molecule is CC1CCCn2cncc2N(C)C1=O. The van der Waals surface area contributed by atoms with E-state index in [2.05, 4.69) is 4.98 Å². The van der Waals surface area contributed by atoms with Crippen LogP contribution in [-0.2, 0) is 11.3 Å². The number of hydrogen-bond donors (Lipinski definition) is 0. The van der Waals surface area contributed by atoms with Crippen LogP contribution in [0.2, 0.25) is 0 Å². The van der Waals surface area contributed by atoms with Crippen molar-refractivity contribution in [3.63, 3.8) is 0 Å². The van der Waals surface area contributed by atoms with Crippen molar-refractivity contribution in [3.05, 3.63) is 12.5 Å². The first-order valence-corrected chi connectivity index (χ1v) is 4.98. The van der Waals surface area contributed by atoms with Crippen LogP contribution in [0.1, 0.15) is 19.8 Å². The van der Waals surface area contributed by atoms with Gasteiger partial charge in [0.1, 0.15) is 5.82 Å². The number of carbonyl (C=O) groups excluding carboxylic acids is 1. The van der Waals surface area contributed by atoms with E-state index in [0.717, 1.165) is 25.2 Å². The van der Waals surface area contributed by atoms with Gasteiger partial charge in [0.2, 0.25) is 5.91 Å². The summed E-state index contributed by atoms with van der Waals surface area (Å²) in [6.07, 6.45) is 5.54. The molecule has 0 aromatic carbocycles. The molecule has 4 nitrogen and oxygen atoms in total. The molecule has 0 N–H and O–H groups in total. The zero-order chi connectivity index (χ0) is 10.1. The van der Waals surface area contributed by atoms with Gasteiger partial charge in [0.15, 0.2) is 0 Å². The van der Waals surface area contributed by atoms with E-state index in [9.17, 15) is 4.79 Å². The van der Waals surface area contributed by atoms with Crippen LogP contribution in [0.4, 0.5) is 5.82 Å². The second-order valence-electron chi connectivity index (χ2n) is 3.89. The van der Waals surface area contributed by atoms with E-state index < -0.39 is 0 Å². The van der Waals surface area contributed by atoms with Gasteiger partial charge in [0, 0.05) is 19.5 Å². The first-order valence-electron chi connectivity index (χ1n) is 4.98. The van der Waals surface area contributed by atoms with Crippen molar-refractivity contribution in [1.82, 2.24) is 9.55 Å². The standard InChI is InChI=1S/C10H15N3O/c1-8-4-3-5-13-7-11-6-9(13)12(2)10(8)14/h6-8H,3-5H2,1-2H3. The minimum absolute atomic E-state index is 0.128. The summed E-state index contributed by atoms with van der Waals surface area (Å²) < 4.78 is 2.03. The molecule has 0 radical (unpaired) electrons. The highest BCUT2D eigenvalue weighted by Gasteiger charge is 2.22. The molecule has 14 heavy (non-hydrogen) atoms. The third-order valence-corrected chi connectivity index (χ3v) is 2.82. The Kier molecular flexibility index (Phi) is 2.27. The molecule has 0 fully saturated rings. The molecular weight excluding hydrogens is 178 g/mol. The molecule has 1 unspecified atom stereocenters. The maximum absolute atomic E-state index is 11.8. The minimum Gasteiger partial charge on any atom is -0.317 e. The Morgan fingerprint density at radius 3 is 3.14 bits per heavy atom. The van der Waals surface area contributed by atoms with Crippen LogP contribution < -0.4 is 4.90 Å². The lowest BCUT2D eigenvalue weighted by molar-refractivity contribution is -0.122. The Morgan fingerprint density at radius 2 is 2.36 bits per heavy atom. The maximum Gasteiger partial charge on any atom is 0.230 e. The van der Waals surface area contributed by atoms with E-state index in [4.69, 9.17) is 0 Å². The quantitative estimate of drug-likeness (QED) is 0.622. The summed E-state index contributed by atoms with van der Waals surface area (Å²) in [5, 5.41) is 0. The fourth-order valence-corrected chi connectivity index (χ4v) is 1.90. The Morgan fingerprint density at radius 1 is 1.57 bits per heavy atom. The minimum atomic E-state index is 0.128. The number of fused-ring (bicyclic) bond motifs is 1. The van der Waals surface area contributed by atoms with Gasteiger partial charge < -0.3 is 4.57 Å². The summed E-state index contributed by atoms with van der Waals surface area (Å²) in [4.78, 5) is 17.6. The summed E-state index contributed by atoms with van der Waals surface area (Å²) in [6, 6.07) is 0. The molecule has 1 atom stereocenters. The number of aryl methyl sites for hydroxylation is 1. The molecule has 2 heterocycles. The molecule has 2 rings (SSSR count). The second kappa shape index (κ2) is 3.44. The number of nitrogens with zero attached hydrogens (tertiary/aromatic N) is 3. The zero-order valence-corrected chi connectivity index (χ0v) is 8.60. The van der Waals surface area contributed by atoms with E-state index in [1.165, 1.54) is 0 Å². The number of imidazole rings is 1. The highest BCUT2D eigenvalue weighted by molar-refractivity contribution is 5.93. The van der Waals surface area contributed by atoms with Gasteiger partial charge in [0.25, 0.3) is 0 Å². The number of carbonyl (C=O) groups is 1. The van der Waals surface area contributed by atoms with Crippen molar-refractivity contribution in [2.24, 2.45) is 5.92 Å². The smallest absolute Gasteiger partial charge is 0.230 e. The molecule has 0 spiro atoms. The van der Waals surface area contributed by atoms with E-state index in [1.807, 2.05) is 18.5 Å². The topological polar surface area (TPSA) is 38.1 Å². The molecule has 76 valence electrons. The third-order valence-electron chi connectivity index (χ3n) is 2.82. The summed E-state index contributed by atoms with van der Waals surface area (Å²) in [5.74, 6) is 1.22. The summed E-state index contributed by atoms with van der Waals surface area (Å²) in [6.45, 7) is 2.95. The van der Waals surface area contributed by atoms with Crippen molar-refractivity contribution >= 4 is 11.7 Å². The number of amides is 1.